The zero-order valence-corrected chi connectivity index (χ0v) is 9.41. The topological polar surface area (TPSA) is 37.8 Å². The third kappa shape index (κ3) is 3.07. The van der Waals surface area contributed by atoms with Gasteiger partial charge in [0, 0.05) is 12.4 Å². The quantitative estimate of drug-likeness (QED) is 0.795. The van der Waals surface area contributed by atoms with Crippen molar-refractivity contribution in [2.45, 2.75) is 33.2 Å². The van der Waals surface area contributed by atoms with Gasteiger partial charge in [-0.25, -0.2) is 9.97 Å². The third-order valence-electron chi connectivity index (χ3n) is 2.17. The highest BCUT2D eigenvalue weighted by molar-refractivity contribution is 5.04. The summed E-state index contributed by atoms with van der Waals surface area (Å²) < 4.78 is 0. The fourth-order valence-electron chi connectivity index (χ4n) is 1.41. The van der Waals surface area contributed by atoms with E-state index in [9.17, 15) is 0 Å². The van der Waals surface area contributed by atoms with Gasteiger partial charge < -0.3 is 5.32 Å². The van der Waals surface area contributed by atoms with E-state index < -0.39 is 0 Å². The van der Waals surface area contributed by atoms with E-state index in [1.54, 1.807) is 0 Å². The Labute approximate surface area is 86.0 Å². The number of rotatable bonds is 4. The lowest BCUT2D eigenvalue weighted by atomic mass is 10.0. The van der Waals surface area contributed by atoms with Crippen LogP contribution in [0.1, 0.15) is 37.7 Å². The Morgan fingerprint density at radius 3 is 2.29 bits per heavy atom. The summed E-state index contributed by atoms with van der Waals surface area (Å²) in [5.74, 6) is 1.55. The molecule has 14 heavy (non-hydrogen) atoms. The maximum absolute atomic E-state index is 4.33. The molecule has 0 aliphatic carbocycles. The van der Waals surface area contributed by atoms with Gasteiger partial charge in [0.05, 0.1) is 6.04 Å². The summed E-state index contributed by atoms with van der Waals surface area (Å²) in [5, 5.41) is 3.24. The number of nitrogens with zero attached hydrogens (tertiary/aromatic N) is 2. The minimum absolute atomic E-state index is 0.274. The Bertz CT molecular complexity index is 266. The molecule has 0 aromatic carbocycles. The molecule has 1 aromatic rings. The van der Waals surface area contributed by atoms with E-state index >= 15 is 0 Å². The van der Waals surface area contributed by atoms with Gasteiger partial charge in [0.25, 0.3) is 0 Å². The van der Waals surface area contributed by atoms with Crippen molar-refractivity contribution in [3.63, 3.8) is 0 Å². The minimum atomic E-state index is 0.274. The molecule has 0 radical (unpaired) electrons. The van der Waals surface area contributed by atoms with Gasteiger partial charge in [0.15, 0.2) is 0 Å². The Morgan fingerprint density at radius 1 is 1.29 bits per heavy atom. The zero-order chi connectivity index (χ0) is 10.6. The van der Waals surface area contributed by atoms with Gasteiger partial charge in [0.1, 0.15) is 5.82 Å². The number of hydrogen-bond donors (Lipinski definition) is 1. The van der Waals surface area contributed by atoms with Crippen molar-refractivity contribution in [2.75, 3.05) is 7.05 Å². The van der Waals surface area contributed by atoms with Crippen molar-refractivity contribution in [3.05, 3.63) is 23.8 Å². The lowest BCUT2D eigenvalue weighted by Crippen LogP contribution is -2.20. The largest absolute Gasteiger partial charge is 0.310 e. The molecule has 0 bridgehead atoms. The average molecular weight is 193 g/mol. The summed E-state index contributed by atoms with van der Waals surface area (Å²) in [6.45, 7) is 6.41. The molecule has 0 fully saturated rings. The van der Waals surface area contributed by atoms with Crippen molar-refractivity contribution >= 4 is 0 Å². The minimum Gasteiger partial charge on any atom is -0.310 e. The van der Waals surface area contributed by atoms with Crippen molar-refractivity contribution in [3.8, 4) is 0 Å². The molecule has 78 valence electrons. The highest BCUT2D eigenvalue weighted by atomic mass is 15.0. The summed E-state index contributed by atoms with van der Waals surface area (Å²) in [7, 11) is 1.95. The standard InChI is InChI=1S/C11H19N3/c1-8(2)5-10(12-4)11-13-6-9(3)7-14-11/h6-8,10,12H,5H2,1-4H3. The molecule has 0 aliphatic rings. The maximum atomic E-state index is 4.33. The summed E-state index contributed by atoms with van der Waals surface area (Å²) in [6, 6.07) is 0.274. The molecule has 3 nitrogen and oxygen atoms in total. The highest BCUT2D eigenvalue weighted by Crippen LogP contribution is 2.16. The zero-order valence-electron chi connectivity index (χ0n) is 9.41. The predicted octanol–water partition coefficient (Wildman–Crippen LogP) is 2.09. The number of hydrogen-bond acceptors (Lipinski definition) is 3. The molecule has 1 unspecified atom stereocenters. The fourth-order valence-corrected chi connectivity index (χ4v) is 1.41. The first-order valence-corrected chi connectivity index (χ1v) is 5.09. The van der Waals surface area contributed by atoms with Crippen LogP contribution in [0.4, 0.5) is 0 Å². The number of aryl methyl sites for hydroxylation is 1. The molecule has 1 rings (SSSR count). The molecule has 0 saturated heterocycles. The second kappa shape index (κ2) is 5.05. The lowest BCUT2D eigenvalue weighted by Gasteiger charge is -2.16. The van der Waals surface area contributed by atoms with Crippen LogP contribution in [-0.2, 0) is 0 Å². The molecular formula is C11H19N3. The molecule has 1 heterocycles. The van der Waals surface area contributed by atoms with E-state index in [2.05, 4.69) is 29.1 Å². The highest BCUT2D eigenvalue weighted by Gasteiger charge is 2.13. The van der Waals surface area contributed by atoms with E-state index in [1.165, 1.54) is 0 Å². The molecule has 0 aliphatic heterocycles. The van der Waals surface area contributed by atoms with Crippen LogP contribution >= 0.6 is 0 Å². The molecule has 1 aromatic heterocycles. The van der Waals surface area contributed by atoms with E-state index in [0.29, 0.717) is 5.92 Å². The van der Waals surface area contributed by atoms with Crippen LogP contribution < -0.4 is 5.32 Å². The van der Waals surface area contributed by atoms with Gasteiger partial charge in [0.2, 0.25) is 0 Å². The Hall–Kier alpha value is -0.960. The summed E-state index contributed by atoms with van der Waals surface area (Å²) in [6.07, 6.45) is 4.81. The SMILES string of the molecule is CNC(CC(C)C)c1ncc(C)cn1. The lowest BCUT2D eigenvalue weighted by molar-refractivity contribution is 0.439. The normalized spacial score (nSPS) is 13.2. The van der Waals surface area contributed by atoms with Crippen LogP contribution in [0.2, 0.25) is 0 Å². The van der Waals surface area contributed by atoms with Gasteiger partial charge in [-0.05, 0) is 31.9 Å². The van der Waals surface area contributed by atoms with Crippen LogP contribution in [-0.4, -0.2) is 17.0 Å². The van der Waals surface area contributed by atoms with Gasteiger partial charge in [-0.2, -0.15) is 0 Å². The Morgan fingerprint density at radius 2 is 1.86 bits per heavy atom. The van der Waals surface area contributed by atoms with Gasteiger partial charge >= 0.3 is 0 Å². The number of nitrogens with one attached hydrogen (secondary N) is 1. The van der Waals surface area contributed by atoms with Gasteiger partial charge in [-0.15, -0.1) is 0 Å². The van der Waals surface area contributed by atoms with Crippen LogP contribution in [0.15, 0.2) is 12.4 Å². The van der Waals surface area contributed by atoms with Crippen molar-refractivity contribution in [1.29, 1.82) is 0 Å². The monoisotopic (exact) mass is 193 g/mol. The van der Waals surface area contributed by atoms with Crippen molar-refractivity contribution < 1.29 is 0 Å². The maximum Gasteiger partial charge on any atom is 0.145 e. The van der Waals surface area contributed by atoms with E-state index in [0.717, 1.165) is 17.8 Å². The summed E-state index contributed by atoms with van der Waals surface area (Å²) in [4.78, 5) is 8.66. The second-order valence-electron chi connectivity index (χ2n) is 4.09. The first-order valence-electron chi connectivity index (χ1n) is 5.09. The van der Waals surface area contributed by atoms with Crippen LogP contribution in [0.3, 0.4) is 0 Å². The first-order chi connectivity index (χ1) is 6.63. The smallest absolute Gasteiger partial charge is 0.145 e. The first kappa shape index (κ1) is 11.1. The molecular weight excluding hydrogens is 174 g/mol. The van der Waals surface area contributed by atoms with Gasteiger partial charge in [-0.1, -0.05) is 13.8 Å². The fraction of sp³-hybridized carbons (Fsp3) is 0.636. The molecule has 0 saturated carbocycles. The van der Waals surface area contributed by atoms with E-state index in [4.69, 9.17) is 0 Å². The number of aromatic nitrogens is 2. The Balaban J connectivity index is 2.73. The molecule has 1 N–H and O–H groups in total. The average Bonchev–Trinajstić information content (AvgIpc) is 2.15. The van der Waals surface area contributed by atoms with E-state index in [1.807, 2.05) is 26.4 Å². The van der Waals surface area contributed by atoms with Crippen molar-refractivity contribution in [2.24, 2.45) is 5.92 Å². The second-order valence-corrected chi connectivity index (χ2v) is 4.09. The molecule has 0 spiro atoms. The molecule has 3 heteroatoms. The Kier molecular flexibility index (Phi) is 4.01. The molecule has 0 amide bonds. The van der Waals surface area contributed by atoms with Crippen LogP contribution in [0, 0.1) is 12.8 Å². The summed E-state index contributed by atoms with van der Waals surface area (Å²) in [5.41, 5.74) is 1.10. The third-order valence-corrected chi connectivity index (χ3v) is 2.17. The van der Waals surface area contributed by atoms with Gasteiger partial charge in [-0.3, -0.25) is 0 Å². The van der Waals surface area contributed by atoms with E-state index in [-0.39, 0.29) is 6.04 Å². The molecule has 1 atom stereocenters. The summed E-state index contributed by atoms with van der Waals surface area (Å²) >= 11 is 0. The predicted molar refractivity (Wildman–Crippen MR) is 58.0 cm³/mol. The van der Waals surface area contributed by atoms with Crippen LogP contribution in [0.5, 0.6) is 0 Å². The van der Waals surface area contributed by atoms with Crippen LogP contribution in [0.25, 0.3) is 0 Å². The van der Waals surface area contributed by atoms with Crippen molar-refractivity contribution in [1.82, 2.24) is 15.3 Å².